The van der Waals surface area contributed by atoms with Gasteiger partial charge in [0.25, 0.3) is 5.91 Å². The topological polar surface area (TPSA) is 75.4 Å². The van der Waals surface area contributed by atoms with Crippen LogP contribution in [0.25, 0.3) is 0 Å². The molecule has 3 rings (SSSR count). The number of rotatable bonds is 6. The minimum Gasteiger partial charge on any atom is -0.363 e. The van der Waals surface area contributed by atoms with Crippen LogP contribution in [-0.4, -0.2) is 35.0 Å². The Bertz CT molecular complexity index is 745. The molecule has 0 saturated heterocycles. The van der Waals surface area contributed by atoms with Crippen LogP contribution in [0, 0.1) is 5.92 Å². The van der Waals surface area contributed by atoms with E-state index >= 15 is 0 Å². The number of halogens is 2. The lowest BCUT2D eigenvalue weighted by Gasteiger charge is -2.22. The summed E-state index contributed by atoms with van der Waals surface area (Å²) in [5, 5.41) is 6.92. The van der Waals surface area contributed by atoms with Gasteiger partial charge in [-0.2, -0.15) is 0 Å². The van der Waals surface area contributed by atoms with Crippen LogP contribution in [-0.2, 0) is 4.79 Å². The normalized spacial score (nSPS) is 13.6. The van der Waals surface area contributed by atoms with Crippen LogP contribution in [0.1, 0.15) is 23.2 Å². The molecule has 0 atom stereocenters. The van der Waals surface area contributed by atoms with Crippen LogP contribution in [0.3, 0.4) is 0 Å². The van der Waals surface area contributed by atoms with Gasteiger partial charge in [-0.1, -0.05) is 28.4 Å². The van der Waals surface area contributed by atoms with E-state index < -0.39 is 0 Å². The van der Waals surface area contributed by atoms with Crippen LogP contribution < -0.4 is 5.32 Å². The predicted octanol–water partition coefficient (Wildman–Crippen LogP) is 3.47. The zero-order chi connectivity index (χ0) is 17.1. The first-order valence-corrected chi connectivity index (χ1v) is 8.23. The van der Waals surface area contributed by atoms with Crippen molar-refractivity contribution in [2.75, 3.05) is 18.4 Å². The van der Waals surface area contributed by atoms with Crippen LogP contribution >= 0.6 is 23.2 Å². The van der Waals surface area contributed by atoms with Gasteiger partial charge in [-0.3, -0.25) is 9.59 Å². The molecule has 8 heteroatoms. The minimum absolute atomic E-state index is 0.0822. The third-order valence-electron chi connectivity index (χ3n) is 3.66. The SMILES string of the molecule is O=C(CN(CC1CC1)C(=O)c1ccc(Cl)cc1Cl)Nc1ccon1. The van der Waals surface area contributed by atoms with Gasteiger partial charge in [-0.05, 0) is 37.0 Å². The quantitative estimate of drug-likeness (QED) is 0.847. The van der Waals surface area contributed by atoms with Gasteiger partial charge in [0, 0.05) is 17.6 Å². The Kier molecular flexibility index (Phi) is 5.06. The Balaban J connectivity index is 1.72. The molecule has 1 fully saturated rings. The van der Waals surface area contributed by atoms with Crippen LogP contribution in [0.5, 0.6) is 0 Å². The Morgan fingerprint density at radius 1 is 1.29 bits per heavy atom. The number of benzene rings is 1. The Morgan fingerprint density at radius 2 is 2.08 bits per heavy atom. The maximum absolute atomic E-state index is 12.8. The zero-order valence-corrected chi connectivity index (χ0v) is 14.2. The summed E-state index contributed by atoms with van der Waals surface area (Å²) in [5.41, 5.74) is 0.330. The average molecular weight is 368 g/mol. The molecule has 0 spiro atoms. The number of amides is 2. The van der Waals surface area contributed by atoms with Gasteiger partial charge < -0.3 is 14.7 Å². The molecule has 0 aliphatic heterocycles. The fourth-order valence-electron chi connectivity index (χ4n) is 2.30. The van der Waals surface area contributed by atoms with E-state index in [1.54, 1.807) is 12.1 Å². The smallest absolute Gasteiger partial charge is 0.255 e. The summed E-state index contributed by atoms with van der Waals surface area (Å²) >= 11 is 12.0. The number of carbonyl (C=O) groups is 2. The monoisotopic (exact) mass is 367 g/mol. The molecule has 0 radical (unpaired) electrons. The maximum atomic E-state index is 12.8. The highest BCUT2D eigenvalue weighted by Gasteiger charge is 2.29. The summed E-state index contributed by atoms with van der Waals surface area (Å²) in [6.07, 6.45) is 3.47. The van der Waals surface area contributed by atoms with Crippen molar-refractivity contribution in [2.24, 2.45) is 5.92 Å². The van der Waals surface area contributed by atoms with E-state index in [2.05, 4.69) is 15.0 Å². The number of hydrogen-bond donors (Lipinski definition) is 1. The molecule has 1 aromatic carbocycles. The standard InChI is InChI=1S/C16H15Cl2N3O3/c17-11-3-4-12(13(18)7-11)16(23)21(8-10-1-2-10)9-15(22)19-14-5-6-24-20-14/h3-7,10H,1-2,8-9H2,(H,19,20,22). The van der Waals surface area contributed by atoms with E-state index in [1.807, 2.05) is 0 Å². The van der Waals surface area contributed by atoms with E-state index in [-0.39, 0.29) is 23.4 Å². The molecule has 24 heavy (non-hydrogen) atoms. The van der Waals surface area contributed by atoms with Crippen LogP contribution in [0.2, 0.25) is 10.0 Å². The molecule has 2 amide bonds. The molecule has 0 bridgehead atoms. The van der Waals surface area contributed by atoms with Crippen molar-refractivity contribution in [1.29, 1.82) is 0 Å². The molecule has 1 saturated carbocycles. The molecule has 2 aromatic rings. The molecule has 1 heterocycles. The number of hydrogen-bond acceptors (Lipinski definition) is 4. The zero-order valence-electron chi connectivity index (χ0n) is 12.7. The third kappa shape index (κ3) is 4.27. The van der Waals surface area contributed by atoms with Crippen molar-refractivity contribution in [3.8, 4) is 0 Å². The van der Waals surface area contributed by atoms with Crippen LogP contribution in [0.15, 0.2) is 35.1 Å². The van der Waals surface area contributed by atoms with Gasteiger partial charge >= 0.3 is 0 Å². The second-order valence-electron chi connectivity index (χ2n) is 5.69. The van der Waals surface area contributed by atoms with Gasteiger partial charge in [0.1, 0.15) is 12.8 Å². The van der Waals surface area contributed by atoms with Gasteiger partial charge in [0.05, 0.1) is 10.6 Å². The van der Waals surface area contributed by atoms with Crippen molar-refractivity contribution >= 4 is 40.8 Å². The van der Waals surface area contributed by atoms with Gasteiger partial charge in [0.15, 0.2) is 5.82 Å². The number of aromatic nitrogens is 1. The highest BCUT2D eigenvalue weighted by Crippen LogP contribution is 2.31. The Morgan fingerprint density at radius 3 is 2.71 bits per heavy atom. The minimum atomic E-state index is -0.344. The van der Waals surface area contributed by atoms with E-state index in [9.17, 15) is 9.59 Å². The number of anilines is 1. The highest BCUT2D eigenvalue weighted by atomic mass is 35.5. The largest absolute Gasteiger partial charge is 0.363 e. The lowest BCUT2D eigenvalue weighted by Crippen LogP contribution is -2.39. The first-order chi connectivity index (χ1) is 11.5. The summed E-state index contributed by atoms with van der Waals surface area (Å²) < 4.78 is 4.66. The first-order valence-electron chi connectivity index (χ1n) is 7.47. The summed E-state index contributed by atoms with van der Waals surface area (Å²) in [6, 6.07) is 6.22. The molecule has 1 aliphatic carbocycles. The summed E-state index contributed by atoms with van der Waals surface area (Å²) in [5.74, 6) is 0.102. The van der Waals surface area contributed by atoms with E-state index in [4.69, 9.17) is 23.2 Å². The van der Waals surface area contributed by atoms with E-state index in [0.717, 1.165) is 12.8 Å². The Hall–Kier alpha value is -2.05. The molecule has 126 valence electrons. The lowest BCUT2D eigenvalue weighted by atomic mass is 10.2. The molecule has 1 aromatic heterocycles. The second-order valence-corrected chi connectivity index (χ2v) is 6.53. The molecule has 1 aliphatic rings. The van der Waals surface area contributed by atoms with Crippen molar-refractivity contribution < 1.29 is 14.1 Å². The first kappa shape index (κ1) is 16.8. The summed E-state index contributed by atoms with van der Waals surface area (Å²) in [4.78, 5) is 26.4. The third-order valence-corrected chi connectivity index (χ3v) is 4.21. The Labute approximate surface area is 148 Å². The fourth-order valence-corrected chi connectivity index (χ4v) is 2.79. The molecule has 6 nitrogen and oxygen atoms in total. The average Bonchev–Trinajstić information content (AvgIpc) is 3.20. The number of nitrogens with zero attached hydrogens (tertiary/aromatic N) is 2. The summed E-state index contributed by atoms with van der Waals surface area (Å²) in [6.45, 7) is 0.436. The van der Waals surface area contributed by atoms with E-state index in [1.165, 1.54) is 23.3 Å². The lowest BCUT2D eigenvalue weighted by molar-refractivity contribution is -0.117. The van der Waals surface area contributed by atoms with Crippen molar-refractivity contribution in [1.82, 2.24) is 10.1 Å². The molecule has 1 N–H and O–H groups in total. The highest BCUT2D eigenvalue weighted by molar-refractivity contribution is 6.36. The molecule has 0 unspecified atom stereocenters. The number of carbonyl (C=O) groups excluding carboxylic acids is 2. The van der Waals surface area contributed by atoms with Crippen LogP contribution in [0.4, 0.5) is 5.82 Å². The number of nitrogens with one attached hydrogen (secondary N) is 1. The fraction of sp³-hybridized carbons (Fsp3) is 0.312. The maximum Gasteiger partial charge on any atom is 0.255 e. The van der Waals surface area contributed by atoms with Gasteiger partial charge in [-0.15, -0.1) is 0 Å². The van der Waals surface area contributed by atoms with Crippen molar-refractivity contribution in [3.05, 3.63) is 46.1 Å². The van der Waals surface area contributed by atoms with Gasteiger partial charge in [0.2, 0.25) is 5.91 Å². The molecular weight excluding hydrogens is 353 g/mol. The van der Waals surface area contributed by atoms with Crippen molar-refractivity contribution in [3.63, 3.8) is 0 Å². The van der Waals surface area contributed by atoms with E-state index in [0.29, 0.717) is 28.9 Å². The molecular formula is C16H15Cl2N3O3. The second kappa shape index (κ2) is 7.23. The van der Waals surface area contributed by atoms with Crippen molar-refractivity contribution in [2.45, 2.75) is 12.8 Å². The predicted molar refractivity (Wildman–Crippen MR) is 90.2 cm³/mol. The summed E-state index contributed by atoms with van der Waals surface area (Å²) in [7, 11) is 0. The van der Waals surface area contributed by atoms with Gasteiger partial charge in [-0.25, -0.2) is 0 Å².